The van der Waals surface area contributed by atoms with Gasteiger partial charge in [0.1, 0.15) is 5.75 Å². The van der Waals surface area contributed by atoms with Crippen LogP contribution in [0.25, 0.3) is 0 Å². The van der Waals surface area contributed by atoms with Crippen molar-refractivity contribution in [2.45, 2.75) is 6.61 Å². The molecule has 0 aromatic heterocycles. The molecule has 0 saturated heterocycles. The third-order valence-electron chi connectivity index (χ3n) is 3.24. The molecule has 0 heterocycles. The first-order valence-corrected chi connectivity index (χ1v) is 7.79. The fraction of sp³-hybridized carbons (Fsp3) is 0.222. The molecule has 1 amide bonds. The first-order chi connectivity index (χ1) is 12.0. The summed E-state index contributed by atoms with van der Waals surface area (Å²) in [6.07, 6.45) is 0. The van der Waals surface area contributed by atoms with Crippen molar-refractivity contribution in [3.8, 4) is 5.75 Å². The predicted octanol–water partition coefficient (Wildman–Crippen LogP) is 3.29. The quantitative estimate of drug-likeness (QED) is 0.764. The molecule has 0 aliphatic rings. The average Bonchev–Trinajstić information content (AvgIpc) is 2.60. The summed E-state index contributed by atoms with van der Waals surface area (Å²) in [6, 6.07) is 11.7. The van der Waals surface area contributed by atoms with Crippen molar-refractivity contribution in [1.29, 1.82) is 0 Å². The molecule has 25 heavy (non-hydrogen) atoms. The second-order valence-electron chi connectivity index (χ2n) is 5.11. The summed E-state index contributed by atoms with van der Waals surface area (Å²) in [7, 11) is 3.07. The first kappa shape index (κ1) is 18.8. The third kappa shape index (κ3) is 5.48. The molecular formula is C18H18ClNO5. The van der Waals surface area contributed by atoms with Gasteiger partial charge in [-0.3, -0.25) is 4.79 Å². The number of carbonyl (C=O) groups is 2. The lowest BCUT2D eigenvalue weighted by Crippen LogP contribution is -2.21. The molecule has 0 aliphatic heterocycles. The van der Waals surface area contributed by atoms with Gasteiger partial charge in [0.25, 0.3) is 5.91 Å². The van der Waals surface area contributed by atoms with E-state index in [0.29, 0.717) is 28.6 Å². The summed E-state index contributed by atoms with van der Waals surface area (Å²) < 4.78 is 15.1. The number of ether oxygens (including phenoxy) is 3. The van der Waals surface area contributed by atoms with Crippen molar-refractivity contribution < 1.29 is 23.8 Å². The van der Waals surface area contributed by atoms with Crippen molar-refractivity contribution in [2.24, 2.45) is 0 Å². The Morgan fingerprint density at radius 3 is 2.60 bits per heavy atom. The SMILES string of the molecule is COCc1cccc(C(=O)OCC(=O)Nc2ccc(OC)c(Cl)c2)c1. The normalized spacial score (nSPS) is 10.2. The van der Waals surface area contributed by atoms with Crippen LogP contribution in [0.5, 0.6) is 5.75 Å². The molecule has 0 spiro atoms. The maximum atomic E-state index is 12.0. The van der Waals surface area contributed by atoms with E-state index in [4.69, 9.17) is 25.8 Å². The number of hydrogen-bond acceptors (Lipinski definition) is 5. The van der Waals surface area contributed by atoms with E-state index in [1.165, 1.54) is 7.11 Å². The van der Waals surface area contributed by atoms with Gasteiger partial charge in [-0.2, -0.15) is 0 Å². The molecule has 2 aromatic rings. The standard InChI is InChI=1S/C18H18ClNO5/c1-23-10-12-4-3-5-13(8-12)18(22)25-11-17(21)20-14-6-7-16(24-2)15(19)9-14/h3-9H,10-11H2,1-2H3,(H,20,21). The van der Waals surface area contributed by atoms with Crippen LogP contribution in [0.2, 0.25) is 5.02 Å². The van der Waals surface area contributed by atoms with Crippen LogP contribution >= 0.6 is 11.6 Å². The Bertz CT molecular complexity index is 763. The second-order valence-corrected chi connectivity index (χ2v) is 5.51. The minimum absolute atomic E-state index is 0.356. The number of esters is 1. The van der Waals surface area contributed by atoms with Crippen LogP contribution < -0.4 is 10.1 Å². The molecule has 7 heteroatoms. The summed E-state index contributed by atoms with van der Waals surface area (Å²) in [6.45, 7) is -0.0170. The number of halogens is 1. The van der Waals surface area contributed by atoms with Crippen LogP contribution in [0.4, 0.5) is 5.69 Å². The van der Waals surface area contributed by atoms with Gasteiger partial charge >= 0.3 is 5.97 Å². The largest absolute Gasteiger partial charge is 0.495 e. The lowest BCUT2D eigenvalue weighted by Gasteiger charge is -2.09. The van der Waals surface area contributed by atoms with E-state index in [1.54, 1.807) is 43.5 Å². The summed E-state index contributed by atoms with van der Waals surface area (Å²) >= 11 is 5.99. The Morgan fingerprint density at radius 2 is 1.92 bits per heavy atom. The van der Waals surface area contributed by atoms with Crippen molar-refractivity contribution in [3.05, 3.63) is 58.6 Å². The van der Waals surface area contributed by atoms with Crippen molar-refractivity contribution in [2.75, 3.05) is 26.1 Å². The predicted molar refractivity (Wildman–Crippen MR) is 94.1 cm³/mol. The Morgan fingerprint density at radius 1 is 1.12 bits per heavy atom. The van der Waals surface area contributed by atoms with E-state index in [-0.39, 0.29) is 0 Å². The minimum atomic E-state index is -0.583. The van der Waals surface area contributed by atoms with E-state index in [9.17, 15) is 9.59 Å². The molecule has 132 valence electrons. The van der Waals surface area contributed by atoms with E-state index in [1.807, 2.05) is 6.07 Å². The topological polar surface area (TPSA) is 73.9 Å². The van der Waals surface area contributed by atoms with Gasteiger partial charge in [0, 0.05) is 12.8 Å². The molecule has 0 aliphatic carbocycles. The highest BCUT2D eigenvalue weighted by Gasteiger charge is 2.11. The Labute approximate surface area is 150 Å². The summed E-state index contributed by atoms with van der Waals surface area (Å²) in [5.41, 5.74) is 1.68. The van der Waals surface area contributed by atoms with Crippen LogP contribution in [0, 0.1) is 0 Å². The summed E-state index contributed by atoms with van der Waals surface area (Å²) in [4.78, 5) is 23.9. The van der Waals surface area contributed by atoms with Gasteiger partial charge in [-0.1, -0.05) is 23.7 Å². The van der Waals surface area contributed by atoms with Crippen LogP contribution in [0.3, 0.4) is 0 Å². The molecule has 0 fully saturated rings. The molecule has 2 aromatic carbocycles. The molecule has 0 radical (unpaired) electrons. The van der Waals surface area contributed by atoms with Gasteiger partial charge in [0.05, 0.1) is 24.3 Å². The molecule has 2 rings (SSSR count). The molecule has 0 saturated carbocycles. The highest BCUT2D eigenvalue weighted by atomic mass is 35.5. The maximum absolute atomic E-state index is 12.0. The lowest BCUT2D eigenvalue weighted by atomic mass is 10.1. The monoisotopic (exact) mass is 363 g/mol. The molecular weight excluding hydrogens is 346 g/mol. The zero-order valence-corrected chi connectivity index (χ0v) is 14.6. The fourth-order valence-electron chi connectivity index (χ4n) is 2.11. The van der Waals surface area contributed by atoms with E-state index < -0.39 is 18.5 Å². The van der Waals surface area contributed by atoms with Crippen LogP contribution in [0.15, 0.2) is 42.5 Å². The van der Waals surface area contributed by atoms with Gasteiger partial charge in [0.15, 0.2) is 6.61 Å². The molecule has 0 bridgehead atoms. The number of anilines is 1. The summed E-state index contributed by atoms with van der Waals surface area (Å²) in [5, 5.41) is 2.96. The van der Waals surface area contributed by atoms with E-state index in [0.717, 1.165) is 5.56 Å². The molecule has 0 atom stereocenters. The minimum Gasteiger partial charge on any atom is -0.495 e. The number of hydrogen-bond donors (Lipinski definition) is 1. The highest BCUT2D eigenvalue weighted by molar-refractivity contribution is 6.32. The lowest BCUT2D eigenvalue weighted by molar-refractivity contribution is -0.119. The molecule has 0 unspecified atom stereocenters. The van der Waals surface area contributed by atoms with Crippen molar-refractivity contribution in [1.82, 2.24) is 0 Å². The second kappa shape index (κ2) is 9.05. The Hall–Kier alpha value is -2.57. The first-order valence-electron chi connectivity index (χ1n) is 7.42. The molecule has 1 N–H and O–H groups in total. The van der Waals surface area contributed by atoms with Gasteiger partial charge < -0.3 is 19.5 Å². The van der Waals surface area contributed by atoms with Crippen molar-refractivity contribution in [3.63, 3.8) is 0 Å². The van der Waals surface area contributed by atoms with Crippen molar-refractivity contribution >= 4 is 29.2 Å². The maximum Gasteiger partial charge on any atom is 0.338 e. The number of amides is 1. The number of rotatable bonds is 7. The summed E-state index contributed by atoms with van der Waals surface area (Å²) in [5.74, 6) is -0.550. The van der Waals surface area contributed by atoms with E-state index >= 15 is 0 Å². The van der Waals surface area contributed by atoms with Crippen LogP contribution in [0.1, 0.15) is 15.9 Å². The number of benzene rings is 2. The van der Waals surface area contributed by atoms with Gasteiger partial charge in [-0.15, -0.1) is 0 Å². The van der Waals surface area contributed by atoms with Gasteiger partial charge in [-0.05, 0) is 35.9 Å². The zero-order chi connectivity index (χ0) is 18.2. The zero-order valence-electron chi connectivity index (χ0n) is 13.9. The van der Waals surface area contributed by atoms with E-state index in [2.05, 4.69) is 5.32 Å². The van der Waals surface area contributed by atoms with Gasteiger partial charge in [0.2, 0.25) is 0 Å². The third-order valence-corrected chi connectivity index (χ3v) is 3.54. The average molecular weight is 364 g/mol. The Balaban J connectivity index is 1.90. The smallest absolute Gasteiger partial charge is 0.338 e. The van der Waals surface area contributed by atoms with Gasteiger partial charge in [-0.25, -0.2) is 4.79 Å². The number of nitrogens with one attached hydrogen (secondary N) is 1. The number of carbonyl (C=O) groups excluding carboxylic acids is 2. The molecule has 6 nitrogen and oxygen atoms in total. The fourth-order valence-corrected chi connectivity index (χ4v) is 2.37. The Kier molecular flexibility index (Phi) is 6.80. The van der Waals surface area contributed by atoms with Crippen LogP contribution in [-0.4, -0.2) is 32.7 Å². The number of methoxy groups -OCH3 is 2. The van der Waals surface area contributed by atoms with Crippen LogP contribution in [-0.2, 0) is 20.9 Å². The highest BCUT2D eigenvalue weighted by Crippen LogP contribution is 2.27.